The topological polar surface area (TPSA) is 80.4 Å². The molecule has 190 valence electrons. The number of carbonyl (C=O) groups excluding carboxylic acids is 1. The van der Waals surface area contributed by atoms with Crippen LogP contribution < -0.4 is 0 Å². The zero-order valence-electron chi connectivity index (χ0n) is 19.6. The highest BCUT2D eigenvalue weighted by Gasteiger charge is 2.37. The molecule has 4 aromatic rings. The van der Waals surface area contributed by atoms with E-state index in [1.807, 2.05) is 30.3 Å². The summed E-state index contributed by atoms with van der Waals surface area (Å²) in [6, 6.07) is 18.7. The predicted octanol–water partition coefficient (Wildman–Crippen LogP) is 8.25. The molecule has 1 N–H and O–H groups in total. The first-order valence-electron chi connectivity index (χ1n) is 11.3. The molecule has 2 atom stereocenters. The van der Waals surface area contributed by atoms with Gasteiger partial charge in [0.25, 0.3) is 0 Å². The van der Waals surface area contributed by atoms with E-state index in [1.165, 1.54) is 12.1 Å². The zero-order chi connectivity index (χ0) is 26.7. The minimum atomic E-state index is -1.11. The number of hydrogen-bond acceptors (Lipinski definition) is 4. The van der Waals surface area contributed by atoms with Crippen molar-refractivity contribution in [3.05, 3.63) is 109 Å². The molecule has 5 nitrogen and oxygen atoms in total. The number of benzene rings is 3. The number of Topliss-reactive ketones (excluding diaryl/α,β-unsaturated/α-hetero) is 1. The summed E-state index contributed by atoms with van der Waals surface area (Å²) in [6.45, 7) is 1.69. The van der Waals surface area contributed by atoms with Gasteiger partial charge in [0.15, 0.2) is 5.78 Å². The summed E-state index contributed by atoms with van der Waals surface area (Å²) in [5.41, 5.74) is 2.31. The third-order valence-electron chi connectivity index (χ3n) is 6.24. The lowest BCUT2D eigenvalue weighted by molar-refractivity contribution is -0.143. The molecule has 0 saturated carbocycles. The fourth-order valence-electron chi connectivity index (χ4n) is 4.35. The van der Waals surface area contributed by atoms with E-state index in [0.717, 1.165) is 5.56 Å². The third-order valence-corrected chi connectivity index (χ3v) is 7.42. The molecule has 9 heteroatoms. The van der Waals surface area contributed by atoms with Crippen LogP contribution in [0.1, 0.15) is 27.2 Å². The number of aliphatic carboxylic acids is 1. The second-order valence-electron chi connectivity index (χ2n) is 8.60. The van der Waals surface area contributed by atoms with Crippen molar-refractivity contribution < 1.29 is 19.2 Å². The molecular weight excluding hydrogens is 556 g/mol. The van der Waals surface area contributed by atoms with Gasteiger partial charge >= 0.3 is 5.97 Å². The van der Waals surface area contributed by atoms with Crippen LogP contribution in [-0.4, -0.2) is 22.0 Å². The van der Waals surface area contributed by atoms with E-state index in [-0.39, 0.29) is 23.4 Å². The molecule has 0 bridgehead atoms. The van der Waals surface area contributed by atoms with Gasteiger partial charge in [-0.15, -0.1) is 0 Å². The van der Waals surface area contributed by atoms with Crippen molar-refractivity contribution in [1.29, 1.82) is 0 Å². The quantitative estimate of drug-likeness (QED) is 0.203. The summed E-state index contributed by atoms with van der Waals surface area (Å²) in [5, 5.41) is 15.7. The van der Waals surface area contributed by atoms with E-state index < -0.39 is 23.6 Å². The fourth-order valence-corrected chi connectivity index (χ4v) is 5.43. The Labute approximate surface area is 233 Å². The van der Waals surface area contributed by atoms with Gasteiger partial charge in [0, 0.05) is 27.6 Å². The van der Waals surface area contributed by atoms with Crippen LogP contribution in [0, 0.1) is 18.8 Å². The summed E-state index contributed by atoms with van der Waals surface area (Å²) in [5.74, 6) is -3.21. The molecule has 2 unspecified atom stereocenters. The Balaban J connectivity index is 1.84. The maximum absolute atomic E-state index is 13.9. The summed E-state index contributed by atoms with van der Waals surface area (Å²) in [6.07, 6.45) is 0.137. The number of carboxylic acids is 1. The molecule has 3 aromatic carbocycles. The van der Waals surface area contributed by atoms with Crippen molar-refractivity contribution in [2.24, 2.45) is 11.8 Å². The average molecular weight is 577 g/mol. The van der Waals surface area contributed by atoms with Crippen LogP contribution in [0.3, 0.4) is 0 Å². The predicted molar refractivity (Wildman–Crippen MR) is 146 cm³/mol. The van der Waals surface area contributed by atoms with Gasteiger partial charge < -0.3 is 9.63 Å². The van der Waals surface area contributed by atoms with E-state index in [1.54, 1.807) is 31.2 Å². The van der Waals surface area contributed by atoms with Crippen molar-refractivity contribution in [1.82, 2.24) is 5.16 Å². The van der Waals surface area contributed by atoms with E-state index in [4.69, 9.17) is 50.9 Å². The largest absolute Gasteiger partial charge is 0.481 e. The minimum Gasteiger partial charge on any atom is -0.481 e. The standard InChI is InChI=1S/C28H21Cl4NO4/c1-15-19(26(33-37-15)25-22(30)8-5-9-23(25)31)14-20(27(34)18-11-10-17(29)13-24(18)32)21(28(35)36)12-16-6-3-2-4-7-16/h2-11,13,20-21H,12,14H2,1H3,(H,35,36). The Kier molecular flexibility index (Phi) is 8.60. The molecule has 37 heavy (non-hydrogen) atoms. The molecule has 0 aliphatic rings. The van der Waals surface area contributed by atoms with Crippen molar-refractivity contribution in [3.8, 4) is 11.3 Å². The highest BCUT2D eigenvalue weighted by atomic mass is 35.5. The number of nitrogens with zero attached hydrogens (tertiary/aromatic N) is 1. The molecule has 4 rings (SSSR count). The number of ketones is 1. The smallest absolute Gasteiger partial charge is 0.307 e. The van der Waals surface area contributed by atoms with Gasteiger partial charge in [-0.25, -0.2) is 0 Å². The van der Waals surface area contributed by atoms with Crippen LogP contribution in [0.2, 0.25) is 20.1 Å². The molecule has 0 spiro atoms. The summed E-state index contributed by atoms with van der Waals surface area (Å²) in [7, 11) is 0. The van der Waals surface area contributed by atoms with E-state index in [2.05, 4.69) is 5.16 Å². The number of carboxylic acid groups (broad SMARTS) is 1. The average Bonchev–Trinajstić information content (AvgIpc) is 3.21. The summed E-state index contributed by atoms with van der Waals surface area (Å²) >= 11 is 25.3. The molecule has 1 aromatic heterocycles. The maximum Gasteiger partial charge on any atom is 0.307 e. The highest BCUT2D eigenvalue weighted by molar-refractivity contribution is 6.39. The molecule has 0 saturated heterocycles. The normalized spacial score (nSPS) is 12.8. The first-order valence-corrected chi connectivity index (χ1v) is 12.8. The Morgan fingerprint density at radius 3 is 2.16 bits per heavy atom. The lowest BCUT2D eigenvalue weighted by Crippen LogP contribution is -2.33. The summed E-state index contributed by atoms with van der Waals surface area (Å²) in [4.78, 5) is 26.5. The number of halogens is 4. The first kappa shape index (κ1) is 27.2. The Morgan fingerprint density at radius 2 is 1.54 bits per heavy atom. The Bertz CT molecular complexity index is 1430. The van der Waals surface area contributed by atoms with E-state index in [9.17, 15) is 14.7 Å². The van der Waals surface area contributed by atoms with Crippen LogP contribution in [0.4, 0.5) is 0 Å². The molecule has 1 heterocycles. The summed E-state index contributed by atoms with van der Waals surface area (Å²) < 4.78 is 5.47. The number of aromatic nitrogens is 1. The molecular formula is C28H21Cl4NO4. The fraction of sp³-hybridized carbons (Fsp3) is 0.179. The Morgan fingerprint density at radius 1 is 0.865 bits per heavy atom. The van der Waals surface area contributed by atoms with Crippen molar-refractivity contribution in [2.75, 3.05) is 0 Å². The molecule has 0 amide bonds. The molecule has 0 aliphatic heterocycles. The minimum absolute atomic E-state index is 0.00775. The van der Waals surface area contributed by atoms with Gasteiger partial charge in [-0.2, -0.15) is 0 Å². The van der Waals surface area contributed by atoms with Crippen LogP contribution in [0.25, 0.3) is 11.3 Å². The van der Waals surface area contributed by atoms with Crippen LogP contribution in [0.5, 0.6) is 0 Å². The Hall–Kier alpha value is -2.83. The van der Waals surface area contributed by atoms with E-state index >= 15 is 0 Å². The molecule has 0 aliphatic carbocycles. The second-order valence-corrected chi connectivity index (χ2v) is 10.3. The van der Waals surface area contributed by atoms with Gasteiger partial charge in [0.2, 0.25) is 0 Å². The second kappa shape index (κ2) is 11.7. The lowest BCUT2D eigenvalue weighted by atomic mass is 9.77. The maximum atomic E-state index is 13.9. The third kappa shape index (κ3) is 6.02. The number of hydrogen-bond donors (Lipinski definition) is 1. The van der Waals surface area contributed by atoms with Crippen LogP contribution in [-0.2, 0) is 17.6 Å². The number of carbonyl (C=O) groups is 2. The van der Waals surface area contributed by atoms with Crippen molar-refractivity contribution in [3.63, 3.8) is 0 Å². The first-order chi connectivity index (χ1) is 17.7. The van der Waals surface area contributed by atoms with Crippen molar-refractivity contribution >= 4 is 58.2 Å². The van der Waals surface area contributed by atoms with Gasteiger partial charge in [-0.1, -0.05) is 88.0 Å². The number of rotatable bonds is 9. The SMILES string of the molecule is Cc1onc(-c2c(Cl)cccc2Cl)c1CC(C(=O)c1ccc(Cl)cc1Cl)C(Cc1ccccc1)C(=O)O. The molecule has 0 fully saturated rings. The van der Waals surface area contributed by atoms with Gasteiger partial charge in [0.05, 0.1) is 21.0 Å². The van der Waals surface area contributed by atoms with Gasteiger partial charge in [-0.05, 0) is 55.7 Å². The molecule has 0 radical (unpaired) electrons. The lowest BCUT2D eigenvalue weighted by Gasteiger charge is -2.24. The zero-order valence-corrected chi connectivity index (χ0v) is 22.6. The highest BCUT2D eigenvalue weighted by Crippen LogP contribution is 2.39. The monoisotopic (exact) mass is 575 g/mol. The van der Waals surface area contributed by atoms with Gasteiger partial charge in [-0.3, -0.25) is 9.59 Å². The van der Waals surface area contributed by atoms with Crippen molar-refractivity contribution in [2.45, 2.75) is 19.8 Å². The van der Waals surface area contributed by atoms with E-state index in [0.29, 0.717) is 37.6 Å². The van der Waals surface area contributed by atoms with Gasteiger partial charge in [0.1, 0.15) is 11.5 Å². The van der Waals surface area contributed by atoms with Crippen LogP contribution >= 0.6 is 46.4 Å². The number of aryl methyl sites for hydroxylation is 1. The van der Waals surface area contributed by atoms with Crippen LogP contribution in [0.15, 0.2) is 71.3 Å².